The van der Waals surface area contributed by atoms with Crippen LogP contribution in [0.5, 0.6) is 0 Å². The molecule has 0 amide bonds. The molecule has 1 aromatic carbocycles. The fourth-order valence-electron chi connectivity index (χ4n) is 3.48. The lowest BCUT2D eigenvalue weighted by Gasteiger charge is -2.31. The van der Waals surface area contributed by atoms with Crippen molar-refractivity contribution < 1.29 is 0 Å². The molecule has 1 aromatic heterocycles. The minimum atomic E-state index is 0.574. The van der Waals surface area contributed by atoms with E-state index in [1.807, 2.05) is 6.20 Å². The van der Waals surface area contributed by atoms with E-state index in [9.17, 15) is 0 Å². The third-order valence-electron chi connectivity index (χ3n) is 4.29. The first-order chi connectivity index (χ1) is 9.61. The molecule has 106 valence electrons. The van der Waals surface area contributed by atoms with Crippen LogP contribution in [-0.2, 0) is 0 Å². The Morgan fingerprint density at radius 1 is 1.10 bits per heavy atom. The van der Waals surface area contributed by atoms with E-state index in [0.29, 0.717) is 6.04 Å². The van der Waals surface area contributed by atoms with Crippen molar-refractivity contribution in [3.63, 3.8) is 0 Å². The van der Waals surface area contributed by atoms with Gasteiger partial charge in [-0.2, -0.15) is 5.10 Å². The molecule has 1 saturated carbocycles. The van der Waals surface area contributed by atoms with Crippen molar-refractivity contribution in [2.45, 2.75) is 39.2 Å². The molecule has 1 aliphatic carbocycles. The molecule has 0 N–H and O–H groups in total. The maximum Gasteiger partial charge on any atom is 0.0568 e. The molecule has 3 heteroatoms. The minimum Gasteiger partial charge on any atom is -0.269 e. The third kappa shape index (κ3) is 3.08. The van der Waals surface area contributed by atoms with Crippen LogP contribution in [0.25, 0.3) is 11.1 Å². The average Bonchev–Trinajstić information content (AvgIpc) is 2.87. The molecule has 0 aliphatic heterocycles. The molecule has 2 nitrogen and oxygen atoms in total. The normalized spacial score (nSPS) is 26.6. The van der Waals surface area contributed by atoms with Crippen LogP contribution in [0, 0.1) is 15.4 Å². The van der Waals surface area contributed by atoms with Gasteiger partial charge in [-0.25, -0.2) is 0 Å². The van der Waals surface area contributed by atoms with Gasteiger partial charge in [0.05, 0.1) is 12.2 Å². The molecule has 0 spiro atoms. The summed E-state index contributed by atoms with van der Waals surface area (Å²) in [7, 11) is 0. The Balaban J connectivity index is 1.83. The fourth-order valence-corrected chi connectivity index (χ4v) is 4.02. The zero-order valence-corrected chi connectivity index (χ0v) is 14.2. The summed E-state index contributed by atoms with van der Waals surface area (Å²) in [5.41, 5.74) is 2.49. The average molecular weight is 380 g/mol. The molecule has 1 aliphatic rings. The van der Waals surface area contributed by atoms with Gasteiger partial charge >= 0.3 is 0 Å². The summed E-state index contributed by atoms with van der Waals surface area (Å²) in [4.78, 5) is 0. The third-order valence-corrected chi connectivity index (χ3v) is 4.96. The van der Waals surface area contributed by atoms with E-state index in [0.717, 1.165) is 11.8 Å². The van der Waals surface area contributed by atoms with Crippen LogP contribution in [0.15, 0.2) is 36.7 Å². The Hall–Kier alpha value is -0.840. The van der Waals surface area contributed by atoms with Gasteiger partial charge < -0.3 is 0 Å². The van der Waals surface area contributed by atoms with Gasteiger partial charge in [-0.05, 0) is 71.4 Å². The van der Waals surface area contributed by atoms with Crippen molar-refractivity contribution in [1.82, 2.24) is 9.78 Å². The molecule has 3 rings (SSSR count). The van der Waals surface area contributed by atoms with Crippen LogP contribution in [0.4, 0.5) is 0 Å². The molecule has 0 saturated heterocycles. The van der Waals surface area contributed by atoms with Crippen molar-refractivity contribution in [3.05, 3.63) is 40.2 Å². The van der Waals surface area contributed by atoms with Gasteiger partial charge in [0.25, 0.3) is 0 Å². The van der Waals surface area contributed by atoms with Gasteiger partial charge in [-0.1, -0.05) is 26.0 Å². The summed E-state index contributed by atoms with van der Waals surface area (Å²) >= 11 is 2.36. The first-order valence-corrected chi connectivity index (χ1v) is 8.50. The first kappa shape index (κ1) is 14.1. The number of hydrogen-bond acceptors (Lipinski definition) is 1. The first-order valence-electron chi connectivity index (χ1n) is 7.42. The van der Waals surface area contributed by atoms with Gasteiger partial charge in [0.2, 0.25) is 0 Å². The Bertz CT molecular complexity index is 580. The highest BCUT2D eigenvalue weighted by atomic mass is 127. The Morgan fingerprint density at radius 3 is 2.55 bits per heavy atom. The molecule has 0 radical (unpaired) electrons. The van der Waals surface area contributed by atoms with E-state index < -0.39 is 0 Å². The highest BCUT2D eigenvalue weighted by molar-refractivity contribution is 14.1. The number of hydrogen-bond donors (Lipinski definition) is 0. The van der Waals surface area contributed by atoms with Gasteiger partial charge in [0.15, 0.2) is 0 Å². The van der Waals surface area contributed by atoms with Crippen LogP contribution >= 0.6 is 22.6 Å². The number of halogens is 1. The van der Waals surface area contributed by atoms with Gasteiger partial charge in [0, 0.05) is 15.3 Å². The monoisotopic (exact) mass is 380 g/mol. The number of rotatable bonds is 2. The van der Waals surface area contributed by atoms with Crippen LogP contribution < -0.4 is 0 Å². The maximum atomic E-state index is 4.63. The number of nitrogens with zero attached hydrogens (tertiary/aromatic N) is 2. The van der Waals surface area contributed by atoms with E-state index in [2.05, 4.69) is 76.7 Å². The quantitative estimate of drug-likeness (QED) is 0.659. The van der Waals surface area contributed by atoms with Crippen LogP contribution in [-0.4, -0.2) is 9.78 Å². The van der Waals surface area contributed by atoms with Gasteiger partial charge in [-0.15, -0.1) is 0 Å². The Labute approximate surface area is 134 Å². The number of benzene rings is 1. The second kappa shape index (κ2) is 5.88. The number of aromatic nitrogens is 2. The van der Waals surface area contributed by atoms with E-state index in [1.54, 1.807) is 0 Å². The largest absolute Gasteiger partial charge is 0.269 e. The minimum absolute atomic E-state index is 0.574. The summed E-state index contributed by atoms with van der Waals surface area (Å²) < 4.78 is 3.47. The zero-order chi connectivity index (χ0) is 14.1. The van der Waals surface area contributed by atoms with Crippen LogP contribution in [0.3, 0.4) is 0 Å². The van der Waals surface area contributed by atoms with Crippen molar-refractivity contribution >= 4 is 22.6 Å². The standard InChI is InChI=1S/C17H21IN2/c1-12-6-13(2)8-17(7-12)20-11-15(10-19-20)14-4-3-5-16(18)9-14/h3-5,9-13,17H,6-8H2,1-2H3. The lowest BCUT2D eigenvalue weighted by molar-refractivity contribution is 0.210. The van der Waals surface area contributed by atoms with Gasteiger partial charge in [-0.3, -0.25) is 4.68 Å². The van der Waals surface area contributed by atoms with Crippen LogP contribution in [0.2, 0.25) is 0 Å². The highest BCUT2D eigenvalue weighted by Gasteiger charge is 2.25. The molecule has 1 fully saturated rings. The summed E-state index contributed by atoms with van der Waals surface area (Å²) in [5.74, 6) is 1.63. The van der Waals surface area contributed by atoms with E-state index in [-0.39, 0.29) is 0 Å². The Morgan fingerprint density at radius 2 is 1.85 bits per heavy atom. The van der Waals surface area contributed by atoms with Crippen molar-refractivity contribution in [1.29, 1.82) is 0 Å². The van der Waals surface area contributed by atoms with Crippen molar-refractivity contribution in [2.75, 3.05) is 0 Å². The van der Waals surface area contributed by atoms with Crippen LogP contribution in [0.1, 0.15) is 39.2 Å². The molecular formula is C17H21IN2. The lowest BCUT2D eigenvalue weighted by atomic mass is 9.80. The van der Waals surface area contributed by atoms with E-state index >= 15 is 0 Å². The van der Waals surface area contributed by atoms with Crippen molar-refractivity contribution in [3.8, 4) is 11.1 Å². The Kier molecular flexibility index (Phi) is 4.15. The molecule has 2 unspecified atom stereocenters. The molecular weight excluding hydrogens is 359 g/mol. The van der Waals surface area contributed by atoms with E-state index in [1.165, 1.54) is 34.0 Å². The molecule has 20 heavy (non-hydrogen) atoms. The molecule has 2 aromatic rings. The predicted molar refractivity (Wildman–Crippen MR) is 91.6 cm³/mol. The molecule has 0 bridgehead atoms. The summed E-state index contributed by atoms with van der Waals surface area (Å²) in [6.45, 7) is 4.74. The fraction of sp³-hybridized carbons (Fsp3) is 0.471. The molecule has 1 heterocycles. The predicted octanol–water partition coefficient (Wildman–Crippen LogP) is 5.15. The summed E-state index contributed by atoms with van der Waals surface area (Å²) in [6.07, 6.45) is 8.12. The van der Waals surface area contributed by atoms with Crippen molar-refractivity contribution in [2.24, 2.45) is 11.8 Å². The molecule has 2 atom stereocenters. The summed E-state index contributed by atoms with van der Waals surface area (Å²) in [6, 6.07) is 9.19. The highest BCUT2D eigenvalue weighted by Crippen LogP contribution is 2.36. The topological polar surface area (TPSA) is 17.8 Å². The zero-order valence-electron chi connectivity index (χ0n) is 12.1. The van der Waals surface area contributed by atoms with Gasteiger partial charge in [0.1, 0.15) is 0 Å². The second-order valence-electron chi connectivity index (χ2n) is 6.29. The smallest absolute Gasteiger partial charge is 0.0568 e. The summed E-state index contributed by atoms with van der Waals surface area (Å²) in [5, 5.41) is 4.63. The maximum absolute atomic E-state index is 4.63. The second-order valence-corrected chi connectivity index (χ2v) is 7.54. The SMILES string of the molecule is CC1CC(C)CC(n2cc(-c3cccc(I)c3)cn2)C1. The van der Waals surface area contributed by atoms with E-state index in [4.69, 9.17) is 0 Å². The lowest BCUT2D eigenvalue weighted by Crippen LogP contribution is -2.22.